The van der Waals surface area contributed by atoms with E-state index in [4.69, 9.17) is 4.74 Å². The average Bonchev–Trinajstić information content (AvgIpc) is 3.50. The summed E-state index contributed by atoms with van der Waals surface area (Å²) in [6, 6.07) is 20.2. The number of ether oxygens (including phenoxy) is 1. The first-order chi connectivity index (χ1) is 20.1. The van der Waals surface area contributed by atoms with Crippen LogP contribution in [-0.2, 0) is 26.2 Å². The molecule has 9 heteroatoms. The van der Waals surface area contributed by atoms with Crippen LogP contribution in [0.1, 0.15) is 55.7 Å². The first kappa shape index (κ1) is 31.1. The number of methoxy groups -OCH3 is 1. The van der Waals surface area contributed by atoms with Gasteiger partial charge in [-0.05, 0) is 75.1 Å². The van der Waals surface area contributed by atoms with Crippen LogP contribution in [0.3, 0.4) is 0 Å². The molecule has 1 atom stereocenters. The molecule has 1 fully saturated rings. The highest BCUT2D eigenvalue weighted by Gasteiger charge is 2.34. The number of carbonyl (C=O) groups is 2. The SMILES string of the molecule is CCC(C(=O)NC1CCCC1)N(Cc1ccc(C)cc1)C(=O)CN(c1ccc(OC)cc1)S(=O)(=O)c1ccc(C)cc1. The third-order valence-corrected chi connectivity index (χ3v) is 9.60. The molecule has 0 heterocycles. The molecular weight excluding hydrogens is 550 g/mol. The molecule has 0 saturated heterocycles. The molecule has 1 unspecified atom stereocenters. The molecule has 3 aromatic carbocycles. The summed E-state index contributed by atoms with van der Waals surface area (Å²) in [5.74, 6) is -0.105. The van der Waals surface area contributed by atoms with Crippen molar-refractivity contribution in [1.29, 1.82) is 0 Å². The Balaban J connectivity index is 1.71. The lowest BCUT2D eigenvalue weighted by Gasteiger charge is -2.33. The minimum Gasteiger partial charge on any atom is -0.497 e. The predicted octanol–water partition coefficient (Wildman–Crippen LogP) is 5.37. The van der Waals surface area contributed by atoms with Crippen molar-refractivity contribution in [3.8, 4) is 5.75 Å². The van der Waals surface area contributed by atoms with Crippen LogP contribution in [-0.4, -0.2) is 50.9 Å². The van der Waals surface area contributed by atoms with Gasteiger partial charge < -0.3 is 15.0 Å². The third-order valence-electron chi connectivity index (χ3n) is 7.81. The van der Waals surface area contributed by atoms with Gasteiger partial charge in [-0.3, -0.25) is 13.9 Å². The molecule has 1 saturated carbocycles. The fourth-order valence-corrected chi connectivity index (χ4v) is 6.71. The summed E-state index contributed by atoms with van der Waals surface area (Å²) < 4.78 is 34.4. The highest BCUT2D eigenvalue weighted by molar-refractivity contribution is 7.92. The van der Waals surface area contributed by atoms with E-state index in [1.807, 2.05) is 45.0 Å². The molecule has 1 N–H and O–H groups in total. The normalized spacial score (nSPS) is 14.3. The van der Waals surface area contributed by atoms with Gasteiger partial charge in [0.15, 0.2) is 0 Å². The summed E-state index contributed by atoms with van der Waals surface area (Å²) in [4.78, 5) is 29.4. The minimum atomic E-state index is -4.12. The number of aryl methyl sites for hydroxylation is 2. The second-order valence-electron chi connectivity index (χ2n) is 10.9. The van der Waals surface area contributed by atoms with E-state index in [0.29, 0.717) is 17.9 Å². The average molecular weight is 592 g/mol. The van der Waals surface area contributed by atoms with E-state index in [0.717, 1.165) is 46.7 Å². The summed E-state index contributed by atoms with van der Waals surface area (Å²) in [5.41, 5.74) is 3.18. The maximum Gasteiger partial charge on any atom is 0.264 e. The van der Waals surface area contributed by atoms with Crippen LogP contribution in [0.4, 0.5) is 5.69 Å². The van der Waals surface area contributed by atoms with Crippen molar-refractivity contribution in [1.82, 2.24) is 10.2 Å². The quantitative estimate of drug-likeness (QED) is 0.305. The largest absolute Gasteiger partial charge is 0.497 e. The smallest absolute Gasteiger partial charge is 0.264 e. The van der Waals surface area contributed by atoms with E-state index < -0.39 is 28.5 Å². The van der Waals surface area contributed by atoms with E-state index in [9.17, 15) is 18.0 Å². The zero-order chi connectivity index (χ0) is 30.3. The van der Waals surface area contributed by atoms with Crippen molar-refractivity contribution in [3.05, 3.63) is 89.5 Å². The van der Waals surface area contributed by atoms with Crippen LogP contribution < -0.4 is 14.4 Å². The molecule has 3 aromatic rings. The number of hydrogen-bond donors (Lipinski definition) is 1. The van der Waals surface area contributed by atoms with Gasteiger partial charge in [-0.15, -0.1) is 0 Å². The second kappa shape index (κ2) is 13.9. The lowest BCUT2D eigenvalue weighted by molar-refractivity contribution is -0.140. The molecular formula is C33H41N3O5S. The Morgan fingerprint density at radius 1 is 0.905 bits per heavy atom. The first-order valence-corrected chi connectivity index (χ1v) is 15.9. The fourth-order valence-electron chi connectivity index (χ4n) is 5.29. The molecule has 224 valence electrons. The van der Waals surface area contributed by atoms with Gasteiger partial charge in [0.05, 0.1) is 17.7 Å². The van der Waals surface area contributed by atoms with E-state index >= 15 is 0 Å². The number of nitrogens with one attached hydrogen (secondary N) is 1. The number of nitrogens with zero attached hydrogens (tertiary/aromatic N) is 2. The van der Waals surface area contributed by atoms with Crippen LogP contribution >= 0.6 is 0 Å². The van der Waals surface area contributed by atoms with Gasteiger partial charge in [0, 0.05) is 12.6 Å². The Morgan fingerprint density at radius 3 is 2.02 bits per heavy atom. The summed E-state index contributed by atoms with van der Waals surface area (Å²) in [5, 5.41) is 3.14. The Bertz CT molecular complexity index is 1450. The Labute approximate surface area is 249 Å². The highest BCUT2D eigenvalue weighted by Crippen LogP contribution is 2.27. The maximum absolute atomic E-state index is 14.2. The molecule has 0 radical (unpaired) electrons. The van der Waals surface area contributed by atoms with Crippen LogP contribution in [0.2, 0.25) is 0 Å². The molecule has 0 bridgehead atoms. The van der Waals surface area contributed by atoms with E-state index in [1.54, 1.807) is 48.5 Å². The number of hydrogen-bond acceptors (Lipinski definition) is 5. The van der Waals surface area contributed by atoms with Gasteiger partial charge in [-0.1, -0.05) is 67.3 Å². The van der Waals surface area contributed by atoms with Gasteiger partial charge in [-0.25, -0.2) is 8.42 Å². The van der Waals surface area contributed by atoms with Gasteiger partial charge in [0.1, 0.15) is 18.3 Å². The first-order valence-electron chi connectivity index (χ1n) is 14.5. The van der Waals surface area contributed by atoms with Crippen molar-refractivity contribution in [2.45, 2.75) is 76.4 Å². The summed E-state index contributed by atoms with van der Waals surface area (Å²) in [6.45, 7) is 5.45. The Hall–Kier alpha value is -3.85. The third kappa shape index (κ3) is 7.50. The monoisotopic (exact) mass is 591 g/mol. The number of amides is 2. The number of rotatable bonds is 12. The molecule has 2 amide bonds. The standard InChI is InChI=1S/C33H41N3O5S/c1-5-31(33(38)34-27-8-6-7-9-27)35(22-26-14-10-24(2)11-15-26)32(37)23-36(28-16-18-29(41-4)19-17-28)42(39,40)30-20-12-25(3)13-21-30/h10-21,27,31H,5-9,22-23H2,1-4H3,(H,34,38). The lowest BCUT2D eigenvalue weighted by atomic mass is 10.1. The van der Waals surface area contributed by atoms with Gasteiger partial charge in [0.25, 0.3) is 10.0 Å². The Kier molecular flexibility index (Phi) is 10.3. The molecule has 42 heavy (non-hydrogen) atoms. The van der Waals surface area contributed by atoms with Crippen LogP contribution in [0.25, 0.3) is 0 Å². The zero-order valence-electron chi connectivity index (χ0n) is 24.9. The topological polar surface area (TPSA) is 96.0 Å². The lowest BCUT2D eigenvalue weighted by Crippen LogP contribution is -2.53. The van der Waals surface area contributed by atoms with Crippen LogP contribution in [0.5, 0.6) is 5.75 Å². The molecule has 1 aliphatic carbocycles. The zero-order valence-corrected chi connectivity index (χ0v) is 25.7. The maximum atomic E-state index is 14.2. The van der Waals surface area contributed by atoms with Gasteiger partial charge in [-0.2, -0.15) is 0 Å². The molecule has 4 rings (SSSR count). The second-order valence-corrected chi connectivity index (χ2v) is 12.8. The summed E-state index contributed by atoms with van der Waals surface area (Å²) in [6.07, 6.45) is 4.38. The summed E-state index contributed by atoms with van der Waals surface area (Å²) >= 11 is 0. The van der Waals surface area contributed by atoms with Gasteiger partial charge >= 0.3 is 0 Å². The van der Waals surface area contributed by atoms with E-state index in [1.165, 1.54) is 12.0 Å². The number of carbonyl (C=O) groups excluding carboxylic acids is 2. The molecule has 0 aromatic heterocycles. The number of benzene rings is 3. The predicted molar refractivity (Wildman–Crippen MR) is 165 cm³/mol. The highest BCUT2D eigenvalue weighted by atomic mass is 32.2. The van der Waals surface area contributed by atoms with E-state index in [2.05, 4.69) is 5.32 Å². The van der Waals surface area contributed by atoms with Crippen molar-refractivity contribution in [2.24, 2.45) is 0 Å². The van der Waals surface area contributed by atoms with Crippen molar-refractivity contribution < 1.29 is 22.7 Å². The summed E-state index contributed by atoms with van der Waals surface area (Å²) in [7, 11) is -2.59. The van der Waals surface area contributed by atoms with Crippen molar-refractivity contribution in [2.75, 3.05) is 18.0 Å². The fraction of sp³-hybridized carbons (Fsp3) is 0.394. The molecule has 1 aliphatic rings. The number of anilines is 1. The molecule has 0 aliphatic heterocycles. The van der Waals surface area contributed by atoms with Gasteiger partial charge in [0.2, 0.25) is 11.8 Å². The number of sulfonamides is 1. The van der Waals surface area contributed by atoms with Crippen molar-refractivity contribution >= 4 is 27.5 Å². The minimum absolute atomic E-state index is 0.0767. The van der Waals surface area contributed by atoms with Crippen molar-refractivity contribution in [3.63, 3.8) is 0 Å². The Morgan fingerprint density at radius 2 is 1.48 bits per heavy atom. The van der Waals surface area contributed by atoms with Crippen LogP contribution in [0, 0.1) is 13.8 Å². The molecule has 8 nitrogen and oxygen atoms in total. The van der Waals surface area contributed by atoms with E-state index in [-0.39, 0.29) is 23.4 Å². The molecule has 0 spiro atoms. The van der Waals surface area contributed by atoms with Crippen LogP contribution in [0.15, 0.2) is 77.7 Å².